The molecule has 3 N–H and O–H groups in total. The van der Waals surface area contributed by atoms with Gasteiger partial charge in [-0.15, -0.1) is 0 Å². The maximum absolute atomic E-state index is 13.0. The van der Waals surface area contributed by atoms with E-state index < -0.39 is 0 Å². The summed E-state index contributed by atoms with van der Waals surface area (Å²) >= 11 is 1.46. The molecule has 0 aliphatic carbocycles. The summed E-state index contributed by atoms with van der Waals surface area (Å²) in [4.78, 5) is 60.2. The number of fused-ring (bicyclic) bond motifs is 1. The highest BCUT2D eigenvalue weighted by Crippen LogP contribution is 2.33. The van der Waals surface area contributed by atoms with Crippen LogP contribution in [-0.4, -0.2) is 53.7 Å². The molecule has 2 aromatic heterocycles. The molecule has 0 saturated heterocycles. The molecule has 0 aliphatic rings. The number of anilines is 2. The topological polar surface area (TPSA) is 133 Å². The number of nitrogens with one attached hydrogen (secondary N) is 3. The smallest absolute Gasteiger partial charge is 0.228 e. The Balaban J connectivity index is 1.17. The summed E-state index contributed by atoms with van der Waals surface area (Å²) in [5.41, 5.74) is 5.00. The fourth-order valence-electron chi connectivity index (χ4n) is 5.44. The summed E-state index contributed by atoms with van der Waals surface area (Å²) in [7, 11) is 1.76. The molecule has 0 fully saturated rings. The number of carbonyl (C=O) groups excluding carboxylic acids is 4. The molecule has 0 spiro atoms. The van der Waals surface area contributed by atoms with Gasteiger partial charge in [-0.05, 0) is 68.4 Å². The van der Waals surface area contributed by atoms with E-state index in [-0.39, 0.29) is 30.0 Å². The average molecular weight is 699 g/mol. The Morgan fingerprint density at radius 2 is 1.44 bits per heavy atom. The molecule has 0 radical (unpaired) electrons. The zero-order chi connectivity index (χ0) is 35.7. The van der Waals surface area contributed by atoms with Crippen LogP contribution in [0.1, 0.15) is 88.8 Å². The first kappa shape index (κ1) is 38.2. The van der Waals surface area contributed by atoms with Crippen LogP contribution in [0.15, 0.2) is 60.8 Å². The van der Waals surface area contributed by atoms with E-state index in [1.165, 1.54) is 11.3 Å². The van der Waals surface area contributed by atoms with Gasteiger partial charge in [0.1, 0.15) is 0 Å². The van der Waals surface area contributed by atoms with Crippen molar-refractivity contribution in [3.05, 3.63) is 72.1 Å². The van der Waals surface area contributed by atoms with Gasteiger partial charge in [-0.1, -0.05) is 73.9 Å². The predicted molar refractivity (Wildman–Crippen MR) is 202 cm³/mol. The minimum absolute atomic E-state index is 0.00786. The highest BCUT2D eigenvalue weighted by atomic mass is 32.1. The summed E-state index contributed by atoms with van der Waals surface area (Å²) < 4.78 is 0.956. The van der Waals surface area contributed by atoms with Crippen LogP contribution in [-0.2, 0) is 25.6 Å². The van der Waals surface area contributed by atoms with Gasteiger partial charge in [0.25, 0.3) is 0 Å². The SMILES string of the molecule is CCCCC(=O)NCCCCCC(=O)NCCCCCC(=O)N(C)c1nc2ccc(-c3cnc(C)c(NC(=O)Cc4ccccc4)c3)cc2s1. The fourth-order valence-corrected chi connectivity index (χ4v) is 6.42. The number of aryl methyl sites for hydroxylation is 1. The Hall–Kier alpha value is -4.64. The van der Waals surface area contributed by atoms with E-state index in [2.05, 4.69) is 27.9 Å². The lowest BCUT2D eigenvalue weighted by Gasteiger charge is -2.13. The average Bonchev–Trinajstić information content (AvgIpc) is 3.55. The van der Waals surface area contributed by atoms with Gasteiger partial charge in [-0.25, -0.2) is 4.98 Å². The van der Waals surface area contributed by atoms with Gasteiger partial charge in [0.2, 0.25) is 23.6 Å². The minimum atomic E-state index is -0.0973. The second-order valence-electron chi connectivity index (χ2n) is 12.6. The Bertz CT molecular complexity index is 1720. The second-order valence-corrected chi connectivity index (χ2v) is 13.6. The number of benzene rings is 2. The number of pyridine rings is 1. The summed E-state index contributed by atoms with van der Waals surface area (Å²) in [6.45, 7) is 5.22. The maximum Gasteiger partial charge on any atom is 0.228 e. The van der Waals surface area contributed by atoms with Gasteiger partial charge >= 0.3 is 0 Å². The number of carbonyl (C=O) groups is 4. The molecule has 2 aromatic carbocycles. The van der Waals surface area contributed by atoms with Crippen molar-refractivity contribution in [1.29, 1.82) is 0 Å². The van der Waals surface area contributed by atoms with Gasteiger partial charge < -0.3 is 16.0 Å². The molecule has 11 heteroatoms. The molecule has 4 aromatic rings. The maximum atomic E-state index is 13.0. The molecule has 266 valence electrons. The van der Waals surface area contributed by atoms with Crippen LogP contribution in [0.4, 0.5) is 10.8 Å². The molecule has 0 unspecified atom stereocenters. The molecule has 0 bridgehead atoms. The molecule has 2 heterocycles. The molecule has 10 nitrogen and oxygen atoms in total. The van der Waals surface area contributed by atoms with Gasteiger partial charge in [0.15, 0.2) is 5.13 Å². The second kappa shape index (κ2) is 20.1. The van der Waals surface area contributed by atoms with E-state index >= 15 is 0 Å². The minimum Gasteiger partial charge on any atom is -0.356 e. The van der Waals surface area contributed by atoms with Crippen molar-refractivity contribution in [1.82, 2.24) is 20.6 Å². The van der Waals surface area contributed by atoms with Crippen LogP contribution in [0.2, 0.25) is 0 Å². The van der Waals surface area contributed by atoms with Gasteiger partial charge in [0.05, 0.1) is 28.0 Å². The van der Waals surface area contributed by atoms with Crippen LogP contribution in [0.5, 0.6) is 0 Å². The predicted octanol–water partition coefficient (Wildman–Crippen LogP) is 7.35. The number of hydrogen-bond donors (Lipinski definition) is 3. The van der Waals surface area contributed by atoms with E-state index in [1.807, 2.05) is 61.5 Å². The van der Waals surface area contributed by atoms with Gasteiger partial charge in [0, 0.05) is 51.2 Å². The van der Waals surface area contributed by atoms with Crippen molar-refractivity contribution >= 4 is 56.0 Å². The van der Waals surface area contributed by atoms with E-state index in [0.717, 1.165) is 84.0 Å². The van der Waals surface area contributed by atoms with E-state index in [1.54, 1.807) is 18.1 Å². The van der Waals surface area contributed by atoms with Crippen LogP contribution in [0, 0.1) is 6.92 Å². The molecule has 50 heavy (non-hydrogen) atoms. The van der Waals surface area contributed by atoms with Crippen LogP contribution >= 0.6 is 11.3 Å². The van der Waals surface area contributed by atoms with Crippen LogP contribution < -0.4 is 20.9 Å². The molecule has 0 aliphatic heterocycles. The number of nitrogens with zero attached hydrogens (tertiary/aromatic N) is 3. The third kappa shape index (κ3) is 12.4. The van der Waals surface area contributed by atoms with E-state index in [4.69, 9.17) is 4.98 Å². The monoisotopic (exact) mass is 698 g/mol. The third-order valence-electron chi connectivity index (χ3n) is 8.49. The van der Waals surface area contributed by atoms with Gasteiger partial charge in [-0.2, -0.15) is 0 Å². The number of hydrogen-bond acceptors (Lipinski definition) is 7. The summed E-state index contributed by atoms with van der Waals surface area (Å²) in [6.07, 6.45) is 10.5. The fraction of sp³-hybridized carbons (Fsp3) is 0.436. The Morgan fingerprint density at radius 1 is 0.760 bits per heavy atom. The highest BCUT2D eigenvalue weighted by molar-refractivity contribution is 7.22. The lowest BCUT2D eigenvalue weighted by Crippen LogP contribution is -2.26. The molecule has 4 amide bonds. The first-order valence-electron chi connectivity index (χ1n) is 17.7. The van der Waals surface area contributed by atoms with Crippen molar-refractivity contribution in [2.24, 2.45) is 0 Å². The quantitative estimate of drug-likeness (QED) is 0.0827. The van der Waals surface area contributed by atoms with Crippen molar-refractivity contribution in [3.63, 3.8) is 0 Å². The number of rotatable bonds is 20. The molecular formula is C39H50N6O4S. The first-order valence-corrected chi connectivity index (χ1v) is 18.6. The van der Waals surface area contributed by atoms with Crippen LogP contribution in [0.3, 0.4) is 0 Å². The van der Waals surface area contributed by atoms with Crippen molar-refractivity contribution in [2.75, 3.05) is 30.4 Å². The van der Waals surface area contributed by atoms with Gasteiger partial charge in [-0.3, -0.25) is 29.1 Å². The van der Waals surface area contributed by atoms with Crippen molar-refractivity contribution in [3.8, 4) is 11.1 Å². The molecule has 0 saturated carbocycles. The third-order valence-corrected chi connectivity index (χ3v) is 9.58. The van der Waals surface area contributed by atoms with Crippen molar-refractivity contribution < 1.29 is 19.2 Å². The largest absolute Gasteiger partial charge is 0.356 e. The van der Waals surface area contributed by atoms with E-state index in [0.29, 0.717) is 43.2 Å². The summed E-state index contributed by atoms with van der Waals surface area (Å²) in [5, 5.41) is 9.55. The Morgan fingerprint density at radius 3 is 2.14 bits per heavy atom. The molecule has 0 atom stereocenters. The highest BCUT2D eigenvalue weighted by Gasteiger charge is 2.16. The van der Waals surface area contributed by atoms with E-state index in [9.17, 15) is 19.2 Å². The zero-order valence-electron chi connectivity index (χ0n) is 29.6. The molecular weight excluding hydrogens is 649 g/mol. The lowest BCUT2D eigenvalue weighted by molar-refractivity contribution is -0.122. The molecule has 4 rings (SSSR count). The number of thiazole rings is 1. The first-order chi connectivity index (χ1) is 24.2. The summed E-state index contributed by atoms with van der Waals surface area (Å²) in [6, 6.07) is 17.5. The summed E-state index contributed by atoms with van der Waals surface area (Å²) in [5.74, 6) is 0.0740. The van der Waals surface area contributed by atoms with Crippen LogP contribution in [0.25, 0.3) is 21.3 Å². The normalized spacial score (nSPS) is 10.9. The van der Waals surface area contributed by atoms with Crippen molar-refractivity contribution in [2.45, 2.75) is 90.9 Å². The Kier molecular flexibility index (Phi) is 15.4. The number of amides is 4. The Labute approximate surface area is 299 Å². The lowest BCUT2D eigenvalue weighted by atomic mass is 10.1. The number of aromatic nitrogens is 2. The zero-order valence-corrected chi connectivity index (χ0v) is 30.4. The number of unbranched alkanes of at least 4 members (excludes halogenated alkanes) is 5. The standard InChI is InChI=1S/C39H50N6O4S/c1-4-5-17-35(46)40-22-13-7-11-18-36(47)41-23-14-8-12-19-38(49)45(3)39-44-32-21-20-30(26-34(32)50-39)31-25-33(28(2)42-27-31)43-37(48)24-29-15-9-6-10-16-29/h6,9-10,15-16,20-21,25-27H,4-5,7-8,11-14,17-19,22-24H2,1-3H3,(H,40,46)(H,41,47)(H,43,48).